The van der Waals surface area contributed by atoms with Crippen molar-refractivity contribution in [2.75, 3.05) is 20.6 Å². The van der Waals surface area contributed by atoms with Gasteiger partial charge < -0.3 is 26.8 Å². The summed E-state index contributed by atoms with van der Waals surface area (Å²) in [7, 11) is 4.46. The Bertz CT molecular complexity index is 2090. The van der Waals surface area contributed by atoms with Crippen LogP contribution in [0.15, 0.2) is 95.9 Å². The Balaban J connectivity index is 0.00000504. The van der Waals surface area contributed by atoms with Gasteiger partial charge in [0, 0.05) is 17.5 Å². The van der Waals surface area contributed by atoms with E-state index in [0.29, 0.717) is 23.0 Å². The average molecular weight is 763 g/mol. The Morgan fingerprint density at radius 1 is 0.961 bits per heavy atom. The maximum Gasteiger partial charge on any atom is 0.416 e. The molecule has 1 aliphatic rings. The highest BCUT2D eigenvalue weighted by atomic mass is 79.9. The smallest absolute Gasteiger partial charge is 0.416 e. The molecule has 6 rings (SSSR count). The number of hydrogen-bond acceptors (Lipinski definition) is 3. The Morgan fingerprint density at radius 3 is 2.29 bits per heavy atom. The fraction of sp³-hybridized carbons (Fsp3) is 0.316. The summed E-state index contributed by atoms with van der Waals surface area (Å²) in [5.41, 5.74) is 1.43. The zero-order valence-electron chi connectivity index (χ0n) is 28.6. The Morgan fingerprint density at radius 2 is 1.65 bits per heavy atom. The minimum Gasteiger partial charge on any atom is -1.00 e. The molecule has 0 radical (unpaired) electrons. The third-order valence-corrected chi connectivity index (χ3v) is 9.41. The van der Waals surface area contributed by atoms with Gasteiger partial charge in [0.25, 0.3) is 0 Å². The number of nitrogens with one attached hydrogen (secondary N) is 1. The lowest BCUT2D eigenvalue weighted by Gasteiger charge is -2.36. The maximum atomic E-state index is 14.2. The number of alkyl halides is 3. The van der Waals surface area contributed by atoms with Crippen molar-refractivity contribution in [1.82, 2.24) is 24.2 Å². The normalized spacial score (nSPS) is 16.3. The highest BCUT2D eigenvalue weighted by Gasteiger charge is 2.33. The average Bonchev–Trinajstić information content (AvgIpc) is 3.67. The van der Waals surface area contributed by atoms with Crippen molar-refractivity contribution in [1.29, 1.82) is 0 Å². The van der Waals surface area contributed by atoms with Crippen molar-refractivity contribution in [3.05, 3.63) is 130 Å². The van der Waals surface area contributed by atoms with Gasteiger partial charge in [-0.05, 0) is 69.0 Å². The molecule has 0 spiro atoms. The third-order valence-electron chi connectivity index (χ3n) is 9.41. The van der Waals surface area contributed by atoms with Crippen molar-refractivity contribution in [2.45, 2.75) is 51.4 Å². The van der Waals surface area contributed by atoms with Gasteiger partial charge in [0.1, 0.15) is 12.2 Å². The highest BCUT2D eigenvalue weighted by Crippen LogP contribution is 2.33. The highest BCUT2D eigenvalue weighted by molar-refractivity contribution is 5.83. The van der Waals surface area contributed by atoms with Crippen LogP contribution in [-0.2, 0) is 12.7 Å². The van der Waals surface area contributed by atoms with E-state index in [-0.39, 0.29) is 40.1 Å². The molecule has 0 bridgehead atoms. The van der Waals surface area contributed by atoms with E-state index in [1.54, 1.807) is 37.3 Å². The SMILES string of the molecule is [Br-].[C-]#[N+]c1ccc(-n2nccc2-c2c(C)n(-c3cccc(C(F)(F)F)c3)c(=O)n2C(=O)NC2CCC(C[N+](C)(C)Cc3ccccc3)CC2)cc1. The topological polar surface area (TPSA) is 78.2 Å². The van der Waals surface area contributed by atoms with Crippen molar-refractivity contribution >= 4 is 11.7 Å². The zero-order valence-corrected chi connectivity index (χ0v) is 30.2. The minimum absolute atomic E-state index is 0. The van der Waals surface area contributed by atoms with Crippen LogP contribution >= 0.6 is 0 Å². The molecule has 9 nitrogen and oxygen atoms in total. The Hall–Kier alpha value is -4.93. The van der Waals surface area contributed by atoms with Crippen LogP contribution in [-0.4, -0.2) is 56.1 Å². The number of amides is 1. The van der Waals surface area contributed by atoms with E-state index >= 15 is 0 Å². The van der Waals surface area contributed by atoms with Crippen molar-refractivity contribution < 1.29 is 39.4 Å². The molecule has 1 aliphatic carbocycles. The first kappa shape index (κ1) is 37.3. The van der Waals surface area contributed by atoms with Crippen LogP contribution in [0.4, 0.5) is 23.7 Å². The zero-order chi connectivity index (χ0) is 35.6. The monoisotopic (exact) mass is 761 g/mol. The lowest BCUT2D eigenvalue weighted by atomic mass is 9.85. The first-order valence-corrected chi connectivity index (χ1v) is 16.6. The number of carbonyl (C=O) groups is 1. The van der Waals surface area contributed by atoms with E-state index in [0.717, 1.165) is 64.5 Å². The molecule has 13 heteroatoms. The number of nitrogens with zero attached hydrogens (tertiary/aromatic N) is 6. The van der Waals surface area contributed by atoms with Crippen LogP contribution in [0.1, 0.15) is 42.5 Å². The first-order valence-electron chi connectivity index (χ1n) is 16.6. The molecule has 5 aromatic rings. The second-order valence-corrected chi connectivity index (χ2v) is 13.6. The van der Waals surface area contributed by atoms with Gasteiger partial charge >= 0.3 is 17.9 Å². The number of carbonyl (C=O) groups excluding carboxylic acids is 1. The lowest BCUT2D eigenvalue weighted by Crippen LogP contribution is -3.00. The molecular formula is C38H39BrF3N7O2. The van der Waals surface area contributed by atoms with Crippen LogP contribution in [0.25, 0.3) is 27.6 Å². The summed E-state index contributed by atoms with van der Waals surface area (Å²) in [6, 6.07) is 22.4. The van der Waals surface area contributed by atoms with Gasteiger partial charge in [0.2, 0.25) is 0 Å². The Kier molecular flexibility index (Phi) is 11.1. The van der Waals surface area contributed by atoms with Crippen molar-refractivity contribution in [3.63, 3.8) is 0 Å². The van der Waals surface area contributed by atoms with E-state index in [1.807, 2.05) is 6.07 Å². The molecule has 266 valence electrons. The predicted octanol–water partition coefficient (Wildman–Crippen LogP) is 4.77. The number of aromatic nitrogens is 4. The lowest BCUT2D eigenvalue weighted by molar-refractivity contribution is -0.907. The standard InChI is InChI=1S/C38H38F3N7O2.BrH/c1-26-35(34-21-22-43-47(34)32-19-17-30(42-2)18-20-32)46(37(50)45(26)33-12-8-11-29(23-33)38(39,40)41)36(49)44-31-15-13-28(14-16-31)25-48(3,4)24-27-9-6-5-7-10-27;/h5-12,17-23,28,31H,13-16,24-25H2,1,3-4H3;1H. The summed E-state index contributed by atoms with van der Waals surface area (Å²) in [4.78, 5) is 31.7. The summed E-state index contributed by atoms with van der Waals surface area (Å²) >= 11 is 0. The fourth-order valence-electron chi connectivity index (χ4n) is 7.15. The maximum absolute atomic E-state index is 14.2. The molecule has 51 heavy (non-hydrogen) atoms. The number of hydrogen-bond donors (Lipinski definition) is 1. The minimum atomic E-state index is -4.62. The van der Waals surface area contributed by atoms with Crippen LogP contribution in [0.3, 0.4) is 0 Å². The van der Waals surface area contributed by atoms with Crippen LogP contribution in [0.2, 0.25) is 0 Å². The molecular weight excluding hydrogens is 723 g/mol. The van der Waals surface area contributed by atoms with E-state index in [1.165, 1.54) is 28.6 Å². The molecule has 2 aromatic heterocycles. The molecule has 0 saturated heterocycles. The van der Waals surface area contributed by atoms with Crippen molar-refractivity contribution in [2.24, 2.45) is 5.92 Å². The molecule has 1 saturated carbocycles. The molecule has 0 unspecified atom stereocenters. The van der Waals surface area contributed by atoms with Crippen LogP contribution in [0, 0.1) is 19.4 Å². The van der Waals surface area contributed by atoms with Gasteiger partial charge in [-0.2, -0.15) is 18.3 Å². The number of benzene rings is 3. The van der Waals surface area contributed by atoms with E-state index in [4.69, 9.17) is 6.57 Å². The van der Waals surface area contributed by atoms with Gasteiger partial charge in [-0.3, -0.25) is 4.57 Å². The van der Waals surface area contributed by atoms with E-state index in [2.05, 4.69) is 53.6 Å². The summed E-state index contributed by atoms with van der Waals surface area (Å²) in [5.74, 6) is 0.480. The van der Waals surface area contributed by atoms with Crippen LogP contribution in [0.5, 0.6) is 0 Å². The molecule has 0 atom stereocenters. The summed E-state index contributed by atoms with van der Waals surface area (Å²) < 4.78 is 45.6. The van der Waals surface area contributed by atoms with E-state index < -0.39 is 23.5 Å². The van der Waals surface area contributed by atoms with E-state index in [9.17, 15) is 22.8 Å². The number of imidazole rings is 1. The fourth-order valence-corrected chi connectivity index (χ4v) is 7.15. The Labute approximate surface area is 305 Å². The molecule has 0 aliphatic heterocycles. The van der Waals surface area contributed by atoms with Crippen LogP contribution < -0.4 is 28.0 Å². The van der Waals surface area contributed by atoms with Gasteiger partial charge in [-0.15, -0.1) is 0 Å². The first-order chi connectivity index (χ1) is 23.8. The number of rotatable bonds is 8. The molecule has 2 heterocycles. The van der Waals surface area contributed by atoms with Gasteiger partial charge in [-0.25, -0.2) is 23.7 Å². The number of halogens is 4. The summed E-state index contributed by atoms with van der Waals surface area (Å²) in [5, 5.41) is 7.50. The van der Waals surface area contributed by atoms with Gasteiger partial charge in [0.15, 0.2) is 5.69 Å². The number of quaternary nitrogens is 1. The largest absolute Gasteiger partial charge is 1.00 e. The third kappa shape index (κ3) is 8.18. The molecule has 1 amide bonds. The van der Waals surface area contributed by atoms with Crippen molar-refractivity contribution in [3.8, 4) is 22.8 Å². The second-order valence-electron chi connectivity index (χ2n) is 13.6. The second kappa shape index (κ2) is 15.1. The molecule has 1 fully saturated rings. The van der Waals surface area contributed by atoms with Gasteiger partial charge in [0.05, 0.1) is 61.7 Å². The molecule has 3 aromatic carbocycles. The molecule has 1 N–H and O–H groups in total. The summed E-state index contributed by atoms with van der Waals surface area (Å²) in [6.07, 6.45) is 0.211. The van der Waals surface area contributed by atoms with Gasteiger partial charge in [-0.1, -0.05) is 48.5 Å². The predicted molar refractivity (Wildman–Crippen MR) is 185 cm³/mol. The summed E-state index contributed by atoms with van der Waals surface area (Å²) in [6.45, 7) is 10.8. The quantitative estimate of drug-likeness (QED) is 0.183.